The maximum atomic E-state index is 11.5. The maximum Gasteiger partial charge on any atom is 0.334 e. The summed E-state index contributed by atoms with van der Waals surface area (Å²) in [5.41, 5.74) is 1.40. The molecule has 1 atom stereocenters. The minimum absolute atomic E-state index is 0.247. The molecule has 1 aromatic heterocycles. The predicted molar refractivity (Wildman–Crippen MR) is 79.9 cm³/mol. The summed E-state index contributed by atoms with van der Waals surface area (Å²) in [6, 6.07) is 0.514. The number of rotatable bonds is 4. The molecule has 0 radical (unpaired) electrons. The second-order valence-corrected chi connectivity index (χ2v) is 6.43. The number of ether oxygens (including phenoxy) is 1. The van der Waals surface area contributed by atoms with Crippen LogP contribution in [0.25, 0.3) is 0 Å². The van der Waals surface area contributed by atoms with Crippen molar-refractivity contribution in [3.63, 3.8) is 0 Å². The van der Waals surface area contributed by atoms with E-state index in [9.17, 15) is 4.79 Å². The van der Waals surface area contributed by atoms with Gasteiger partial charge < -0.3 is 10.1 Å². The van der Waals surface area contributed by atoms with Gasteiger partial charge in [-0.25, -0.2) is 4.79 Å². The molecule has 114 valence electrons. The van der Waals surface area contributed by atoms with Crippen LogP contribution in [0.4, 0.5) is 0 Å². The molecular weight excluding hydrogens is 266 g/mol. The normalized spacial score (nSPS) is 27.1. The van der Waals surface area contributed by atoms with Crippen LogP contribution in [0.15, 0.2) is 24.5 Å². The smallest absolute Gasteiger partial charge is 0.334 e. The molecule has 0 aliphatic carbocycles. The third-order valence-corrected chi connectivity index (χ3v) is 4.50. The van der Waals surface area contributed by atoms with E-state index < -0.39 is 5.60 Å². The van der Waals surface area contributed by atoms with Gasteiger partial charge in [0.1, 0.15) is 5.60 Å². The van der Waals surface area contributed by atoms with Crippen LogP contribution in [-0.2, 0) is 16.0 Å². The van der Waals surface area contributed by atoms with Crippen molar-refractivity contribution < 1.29 is 9.53 Å². The van der Waals surface area contributed by atoms with Crippen molar-refractivity contribution in [1.29, 1.82) is 0 Å². The zero-order chi connectivity index (χ0) is 14.9. The van der Waals surface area contributed by atoms with Gasteiger partial charge in [0.2, 0.25) is 0 Å². The van der Waals surface area contributed by atoms with Gasteiger partial charge >= 0.3 is 5.97 Å². The van der Waals surface area contributed by atoms with Crippen LogP contribution in [0.2, 0.25) is 0 Å². The number of hydrogen-bond donors (Lipinski definition) is 1. The molecule has 5 heteroatoms. The van der Waals surface area contributed by atoms with Gasteiger partial charge in [0.15, 0.2) is 0 Å². The van der Waals surface area contributed by atoms with E-state index in [1.54, 1.807) is 0 Å². The van der Waals surface area contributed by atoms with E-state index in [4.69, 9.17) is 4.74 Å². The molecule has 1 N–H and O–H groups in total. The lowest BCUT2D eigenvalue weighted by atomic mass is 9.93. The summed E-state index contributed by atoms with van der Waals surface area (Å²) in [6.45, 7) is 7.87. The number of aryl methyl sites for hydroxylation is 1. The van der Waals surface area contributed by atoms with Gasteiger partial charge in [0.25, 0.3) is 0 Å². The van der Waals surface area contributed by atoms with Gasteiger partial charge in [-0.05, 0) is 51.3 Å². The first-order valence-electron chi connectivity index (χ1n) is 7.71. The SMILES string of the molecule is C=C1C[C@](C)(CCc2cnn(C3CCNCC3)c2)OC1=O. The first kappa shape index (κ1) is 14.3. The number of cyclic esters (lactones) is 1. The number of nitrogens with zero attached hydrogens (tertiary/aromatic N) is 2. The van der Waals surface area contributed by atoms with E-state index >= 15 is 0 Å². The van der Waals surface area contributed by atoms with Crippen LogP contribution in [0.5, 0.6) is 0 Å². The van der Waals surface area contributed by atoms with Crippen molar-refractivity contribution in [2.75, 3.05) is 13.1 Å². The van der Waals surface area contributed by atoms with E-state index in [1.807, 2.05) is 13.1 Å². The first-order chi connectivity index (χ1) is 10.1. The molecule has 2 aliphatic heterocycles. The highest BCUT2D eigenvalue weighted by Gasteiger charge is 2.38. The topological polar surface area (TPSA) is 56.1 Å². The molecule has 2 aliphatic rings. The van der Waals surface area contributed by atoms with Crippen LogP contribution >= 0.6 is 0 Å². The molecule has 0 saturated carbocycles. The third-order valence-electron chi connectivity index (χ3n) is 4.50. The number of hydrogen-bond acceptors (Lipinski definition) is 4. The molecule has 0 aromatic carbocycles. The van der Waals surface area contributed by atoms with E-state index in [2.05, 4.69) is 27.9 Å². The van der Waals surface area contributed by atoms with Crippen molar-refractivity contribution in [3.8, 4) is 0 Å². The number of aromatic nitrogens is 2. The zero-order valence-electron chi connectivity index (χ0n) is 12.6. The molecule has 3 heterocycles. The van der Waals surface area contributed by atoms with Crippen LogP contribution in [0, 0.1) is 0 Å². The Labute approximate surface area is 125 Å². The summed E-state index contributed by atoms with van der Waals surface area (Å²) in [4.78, 5) is 11.5. The lowest BCUT2D eigenvalue weighted by Crippen LogP contribution is -2.29. The minimum Gasteiger partial charge on any atom is -0.456 e. The lowest BCUT2D eigenvalue weighted by molar-refractivity contribution is -0.145. The van der Waals surface area contributed by atoms with Crippen LogP contribution in [-0.4, -0.2) is 34.4 Å². The highest BCUT2D eigenvalue weighted by Crippen LogP contribution is 2.33. The number of carbonyl (C=O) groups is 1. The van der Waals surface area contributed by atoms with Crippen LogP contribution in [0.3, 0.4) is 0 Å². The molecule has 0 unspecified atom stereocenters. The Morgan fingerprint density at radius 1 is 1.52 bits per heavy atom. The van der Waals surface area contributed by atoms with Gasteiger partial charge in [0.05, 0.1) is 12.2 Å². The number of esters is 1. The van der Waals surface area contributed by atoms with Gasteiger partial charge in [-0.1, -0.05) is 6.58 Å². The molecule has 2 fully saturated rings. The van der Waals surface area contributed by atoms with E-state index in [0.717, 1.165) is 38.8 Å². The fourth-order valence-electron chi connectivity index (χ4n) is 3.18. The highest BCUT2D eigenvalue weighted by atomic mass is 16.6. The molecule has 0 amide bonds. The predicted octanol–water partition coefficient (Wildman–Crippen LogP) is 2.00. The third kappa shape index (κ3) is 3.18. The average molecular weight is 289 g/mol. The molecule has 3 rings (SSSR count). The summed E-state index contributed by atoms with van der Waals surface area (Å²) < 4.78 is 7.53. The molecule has 0 bridgehead atoms. The monoisotopic (exact) mass is 289 g/mol. The summed E-state index contributed by atoms with van der Waals surface area (Å²) in [5.74, 6) is -0.247. The quantitative estimate of drug-likeness (QED) is 0.680. The average Bonchev–Trinajstić information content (AvgIpc) is 3.04. The molecule has 0 spiro atoms. The Hall–Kier alpha value is -1.62. The summed E-state index contributed by atoms with van der Waals surface area (Å²) in [7, 11) is 0. The van der Waals surface area contributed by atoms with E-state index in [1.165, 1.54) is 5.56 Å². The van der Waals surface area contributed by atoms with Gasteiger partial charge in [-0.15, -0.1) is 0 Å². The fraction of sp³-hybridized carbons (Fsp3) is 0.625. The molecule has 21 heavy (non-hydrogen) atoms. The standard InChI is InChI=1S/C16H23N3O2/c1-12-9-16(2,21-15(12)20)6-3-13-10-18-19(11-13)14-4-7-17-8-5-14/h10-11,14,17H,1,3-9H2,2H3/t16-/m0/s1. The Bertz CT molecular complexity index is 527. The summed E-state index contributed by atoms with van der Waals surface area (Å²) in [6.07, 6.45) is 8.68. The van der Waals surface area contributed by atoms with E-state index in [-0.39, 0.29) is 5.97 Å². The number of carbonyl (C=O) groups excluding carboxylic acids is 1. The lowest BCUT2D eigenvalue weighted by Gasteiger charge is -2.23. The fourth-order valence-corrected chi connectivity index (χ4v) is 3.18. The number of piperidine rings is 1. The molecule has 1 aromatic rings. The Morgan fingerprint density at radius 3 is 2.95 bits per heavy atom. The Balaban J connectivity index is 1.57. The highest BCUT2D eigenvalue weighted by molar-refractivity contribution is 5.90. The van der Waals surface area contributed by atoms with E-state index in [0.29, 0.717) is 18.0 Å². The largest absolute Gasteiger partial charge is 0.456 e. The van der Waals surface area contributed by atoms with Crippen LogP contribution in [0.1, 0.15) is 44.2 Å². The zero-order valence-corrected chi connectivity index (χ0v) is 12.6. The molecule has 2 saturated heterocycles. The second-order valence-electron chi connectivity index (χ2n) is 6.43. The maximum absolute atomic E-state index is 11.5. The van der Waals surface area contributed by atoms with Crippen molar-refractivity contribution in [2.45, 2.75) is 50.7 Å². The number of nitrogens with one attached hydrogen (secondary N) is 1. The van der Waals surface area contributed by atoms with Crippen molar-refractivity contribution in [3.05, 3.63) is 30.1 Å². The van der Waals surface area contributed by atoms with Gasteiger partial charge in [-0.3, -0.25) is 4.68 Å². The molecule has 5 nitrogen and oxygen atoms in total. The second kappa shape index (κ2) is 5.64. The van der Waals surface area contributed by atoms with Crippen molar-refractivity contribution in [1.82, 2.24) is 15.1 Å². The first-order valence-corrected chi connectivity index (χ1v) is 7.71. The van der Waals surface area contributed by atoms with Gasteiger partial charge in [0, 0.05) is 18.2 Å². The Morgan fingerprint density at radius 2 is 2.29 bits per heavy atom. The summed E-state index contributed by atoms with van der Waals surface area (Å²) >= 11 is 0. The summed E-state index contributed by atoms with van der Waals surface area (Å²) in [5, 5.41) is 7.87. The molecular formula is C16H23N3O2. The Kier molecular flexibility index (Phi) is 3.85. The minimum atomic E-state index is -0.398. The van der Waals surface area contributed by atoms with Crippen molar-refractivity contribution in [2.24, 2.45) is 0 Å². The van der Waals surface area contributed by atoms with Crippen LogP contribution < -0.4 is 5.32 Å². The van der Waals surface area contributed by atoms with Gasteiger partial charge in [-0.2, -0.15) is 5.10 Å². The van der Waals surface area contributed by atoms with Crippen molar-refractivity contribution >= 4 is 5.97 Å².